The lowest BCUT2D eigenvalue weighted by molar-refractivity contribution is -0.138. The molecule has 3 aromatic rings. The molecule has 0 aliphatic carbocycles. The Kier molecular flexibility index (Phi) is 5.21. The Morgan fingerprint density at radius 2 is 1.90 bits per heavy atom. The number of benzene rings is 1. The maximum atomic E-state index is 13.1. The zero-order chi connectivity index (χ0) is 19.6. The van der Waals surface area contributed by atoms with Gasteiger partial charge in [-0.2, -0.15) is 5.10 Å². The van der Waals surface area contributed by atoms with E-state index < -0.39 is 0 Å². The van der Waals surface area contributed by atoms with Crippen LogP contribution in [0, 0.1) is 5.92 Å². The summed E-state index contributed by atoms with van der Waals surface area (Å²) in [7, 11) is 0. The van der Waals surface area contributed by atoms with Crippen LogP contribution in [-0.2, 0) is 24.3 Å². The summed E-state index contributed by atoms with van der Waals surface area (Å²) in [6.45, 7) is 4.61. The lowest BCUT2D eigenvalue weighted by atomic mass is 9.93. The molecule has 0 unspecified atom stereocenters. The summed E-state index contributed by atoms with van der Waals surface area (Å²) in [5.41, 5.74) is 3.79. The Labute approximate surface area is 175 Å². The quantitative estimate of drug-likeness (QED) is 0.714. The van der Waals surface area contributed by atoms with Crippen molar-refractivity contribution in [1.82, 2.24) is 20.0 Å². The van der Waals surface area contributed by atoms with E-state index in [1.807, 2.05) is 17.4 Å². The molecular formula is C23H26N4OS. The number of aromatic nitrogens is 2. The number of carbonyl (C=O) groups excluding carboxylic acids is 1. The number of likely N-dealkylation sites (tertiary alicyclic amines) is 1. The first kappa shape index (κ1) is 18.6. The largest absolute Gasteiger partial charge is 0.338 e. The zero-order valence-corrected chi connectivity index (χ0v) is 17.3. The minimum absolute atomic E-state index is 0.181. The molecule has 0 saturated carbocycles. The van der Waals surface area contributed by atoms with Crippen molar-refractivity contribution in [2.75, 3.05) is 19.6 Å². The molecule has 1 aromatic carbocycles. The zero-order valence-electron chi connectivity index (χ0n) is 16.5. The van der Waals surface area contributed by atoms with Gasteiger partial charge in [-0.25, -0.2) is 0 Å². The van der Waals surface area contributed by atoms with Crippen LogP contribution in [-0.4, -0.2) is 45.5 Å². The van der Waals surface area contributed by atoms with Crippen LogP contribution in [0.2, 0.25) is 0 Å². The molecule has 0 bridgehead atoms. The summed E-state index contributed by atoms with van der Waals surface area (Å²) < 4.78 is 0. The number of nitrogens with one attached hydrogen (secondary N) is 1. The van der Waals surface area contributed by atoms with E-state index in [1.165, 1.54) is 20.9 Å². The lowest BCUT2D eigenvalue weighted by Crippen LogP contribution is -2.44. The number of rotatable bonds is 4. The summed E-state index contributed by atoms with van der Waals surface area (Å²) in [6.07, 6.45) is 4.71. The fraction of sp³-hybridized carbons (Fsp3) is 0.391. The van der Waals surface area contributed by atoms with Crippen molar-refractivity contribution in [1.29, 1.82) is 0 Å². The molecule has 29 heavy (non-hydrogen) atoms. The Morgan fingerprint density at radius 1 is 1.07 bits per heavy atom. The Balaban J connectivity index is 1.14. The van der Waals surface area contributed by atoms with Crippen LogP contribution in [0.5, 0.6) is 0 Å². The van der Waals surface area contributed by atoms with Gasteiger partial charge < -0.3 is 4.90 Å². The number of hydrogen-bond acceptors (Lipinski definition) is 4. The Bertz CT molecular complexity index is 972. The van der Waals surface area contributed by atoms with E-state index in [2.05, 4.69) is 56.4 Å². The van der Waals surface area contributed by atoms with Crippen molar-refractivity contribution in [2.24, 2.45) is 5.92 Å². The molecule has 5 rings (SSSR count). The van der Waals surface area contributed by atoms with E-state index in [0.717, 1.165) is 57.7 Å². The standard InChI is InChI=1S/C23H26N4OS/c28-23(27-14-10-17-3-1-2-4-19(17)15-27)18-8-12-26(13-9-18)16-20-5-6-22(29-20)21-7-11-24-25-21/h1-7,11,18H,8-10,12-16H2,(H,24,25). The van der Waals surface area contributed by atoms with E-state index in [9.17, 15) is 4.79 Å². The average molecular weight is 407 g/mol. The second-order valence-electron chi connectivity index (χ2n) is 8.07. The number of hydrogen-bond donors (Lipinski definition) is 1. The molecule has 1 fully saturated rings. The van der Waals surface area contributed by atoms with Gasteiger partial charge in [0.2, 0.25) is 5.91 Å². The number of fused-ring (bicyclic) bond motifs is 1. The molecule has 0 spiro atoms. The molecule has 6 heteroatoms. The minimum atomic E-state index is 0.181. The smallest absolute Gasteiger partial charge is 0.226 e. The van der Waals surface area contributed by atoms with Gasteiger partial charge in [-0.3, -0.25) is 14.8 Å². The summed E-state index contributed by atoms with van der Waals surface area (Å²) in [5, 5.41) is 7.07. The molecule has 4 heterocycles. The molecule has 5 nitrogen and oxygen atoms in total. The molecule has 2 aliphatic rings. The average Bonchev–Trinajstić information content (AvgIpc) is 3.45. The molecule has 2 aromatic heterocycles. The highest BCUT2D eigenvalue weighted by Gasteiger charge is 2.30. The summed E-state index contributed by atoms with van der Waals surface area (Å²) in [5.74, 6) is 0.539. The van der Waals surface area contributed by atoms with E-state index in [0.29, 0.717) is 5.91 Å². The topological polar surface area (TPSA) is 52.2 Å². The van der Waals surface area contributed by atoms with E-state index >= 15 is 0 Å². The van der Waals surface area contributed by atoms with E-state index in [1.54, 1.807) is 6.20 Å². The lowest BCUT2D eigenvalue weighted by Gasteiger charge is -2.36. The molecule has 150 valence electrons. The van der Waals surface area contributed by atoms with Crippen LogP contribution in [0.3, 0.4) is 0 Å². The number of aromatic amines is 1. The fourth-order valence-electron chi connectivity index (χ4n) is 4.50. The number of nitrogens with zero attached hydrogens (tertiary/aromatic N) is 3. The van der Waals surface area contributed by atoms with Crippen LogP contribution < -0.4 is 0 Å². The van der Waals surface area contributed by atoms with Crippen LogP contribution in [0.1, 0.15) is 28.8 Å². The fourth-order valence-corrected chi connectivity index (χ4v) is 5.53. The second kappa shape index (κ2) is 8.13. The van der Waals surface area contributed by atoms with Gasteiger partial charge in [-0.05, 0) is 61.7 Å². The number of carbonyl (C=O) groups is 1. The molecule has 1 N–H and O–H groups in total. The number of piperidine rings is 1. The highest BCUT2D eigenvalue weighted by Crippen LogP contribution is 2.29. The third kappa shape index (κ3) is 4.00. The van der Waals surface area contributed by atoms with E-state index in [-0.39, 0.29) is 5.92 Å². The Hall–Kier alpha value is -2.44. The predicted octanol–water partition coefficient (Wildman–Crippen LogP) is 3.94. The van der Waals surface area contributed by atoms with Gasteiger partial charge in [0.15, 0.2) is 0 Å². The highest BCUT2D eigenvalue weighted by atomic mass is 32.1. The summed E-state index contributed by atoms with van der Waals surface area (Å²) >= 11 is 1.82. The predicted molar refractivity (Wildman–Crippen MR) is 115 cm³/mol. The highest BCUT2D eigenvalue weighted by molar-refractivity contribution is 7.15. The number of H-pyrrole nitrogens is 1. The minimum Gasteiger partial charge on any atom is -0.338 e. The van der Waals surface area contributed by atoms with Crippen molar-refractivity contribution in [2.45, 2.75) is 32.4 Å². The third-order valence-electron chi connectivity index (χ3n) is 6.19. The molecule has 1 saturated heterocycles. The van der Waals surface area contributed by atoms with Crippen LogP contribution in [0.15, 0.2) is 48.7 Å². The number of amides is 1. The normalized spacial score (nSPS) is 18.0. The summed E-state index contributed by atoms with van der Waals surface area (Å²) in [4.78, 5) is 20.2. The van der Waals surface area contributed by atoms with Gasteiger partial charge in [-0.1, -0.05) is 24.3 Å². The van der Waals surface area contributed by atoms with Gasteiger partial charge in [0, 0.05) is 36.6 Å². The van der Waals surface area contributed by atoms with Crippen molar-refractivity contribution in [3.05, 3.63) is 64.7 Å². The van der Waals surface area contributed by atoms with Gasteiger partial charge in [0.25, 0.3) is 0 Å². The maximum Gasteiger partial charge on any atom is 0.226 e. The van der Waals surface area contributed by atoms with Gasteiger partial charge in [0.1, 0.15) is 0 Å². The van der Waals surface area contributed by atoms with Gasteiger partial charge in [-0.15, -0.1) is 11.3 Å². The van der Waals surface area contributed by atoms with Crippen LogP contribution in [0.4, 0.5) is 0 Å². The first-order valence-corrected chi connectivity index (χ1v) is 11.2. The van der Waals surface area contributed by atoms with Crippen LogP contribution in [0.25, 0.3) is 10.6 Å². The van der Waals surface area contributed by atoms with Gasteiger partial charge in [0.05, 0.1) is 10.6 Å². The monoisotopic (exact) mass is 406 g/mol. The molecule has 0 radical (unpaired) electrons. The van der Waals surface area contributed by atoms with E-state index in [4.69, 9.17) is 0 Å². The molecule has 0 atom stereocenters. The SMILES string of the molecule is O=C(C1CCN(Cc2ccc(-c3ccn[nH]3)s2)CC1)N1CCc2ccccc2C1. The maximum absolute atomic E-state index is 13.1. The van der Waals surface area contributed by atoms with Crippen molar-refractivity contribution in [3.63, 3.8) is 0 Å². The molecule has 2 aliphatic heterocycles. The van der Waals surface area contributed by atoms with Gasteiger partial charge >= 0.3 is 0 Å². The van der Waals surface area contributed by atoms with Crippen molar-refractivity contribution < 1.29 is 4.79 Å². The first-order valence-electron chi connectivity index (χ1n) is 10.4. The first-order chi connectivity index (χ1) is 14.3. The third-order valence-corrected chi connectivity index (χ3v) is 7.29. The van der Waals surface area contributed by atoms with Crippen LogP contribution >= 0.6 is 11.3 Å². The molecular weight excluding hydrogens is 380 g/mol. The summed E-state index contributed by atoms with van der Waals surface area (Å²) in [6, 6.07) is 14.9. The van der Waals surface area contributed by atoms with Crippen molar-refractivity contribution >= 4 is 17.2 Å². The second-order valence-corrected chi connectivity index (χ2v) is 9.23. The molecule has 1 amide bonds. The number of thiophene rings is 1. The van der Waals surface area contributed by atoms with Crippen molar-refractivity contribution in [3.8, 4) is 10.6 Å². The Morgan fingerprint density at radius 3 is 2.69 bits per heavy atom.